The fourth-order valence-corrected chi connectivity index (χ4v) is 3.72. The van der Waals surface area contributed by atoms with E-state index in [-0.39, 0.29) is 6.04 Å². The van der Waals surface area contributed by atoms with Crippen LogP contribution in [0.15, 0.2) is 18.2 Å². The third-order valence-corrected chi connectivity index (χ3v) is 4.62. The normalized spacial score (nSPS) is 23.2. The van der Waals surface area contributed by atoms with E-state index >= 15 is 0 Å². The number of para-hydroxylation sites is 1. The van der Waals surface area contributed by atoms with Gasteiger partial charge < -0.3 is 9.84 Å². The van der Waals surface area contributed by atoms with E-state index in [1.54, 1.807) is 0 Å². The second-order valence-electron chi connectivity index (χ2n) is 6.82. The topological polar surface area (TPSA) is 32.7 Å². The van der Waals surface area contributed by atoms with Gasteiger partial charge in [0.1, 0.15) is 17.5 Å². The summed E-state index contributed by atoms with van der Waals surface area (Å²) in [6.07, 6.45) is 2.59. The van der Waals surface area contributed by atoms with Gasteiger partial charge in [-0.05, 0) is 51.8 Å². The first-order valence-electron chi connectivity index (χ1n) is 8.69. The van der Waals surface area contributed by atoms with Crippen LogP contribution in [0.3, 0.4) is 0 Å². The number of aliphatic hydroxyl groups is 1. The number of fused-ring (bicyclic) bond motifs is 1. The van der Waals surface area contributed by atoms with Gasteiger partial charge in [-0.3, -0.25) is 4.90 Å². The minimum Gasteiger partial charge on any atom is -0.485 e. The van der Waals surface area contributed by atoms with E-state index in [1.165, 1.54) is 5.56 Å². The van der Waals surface area contributed by atoms with E-state index in [1.807, 2.05) is 12.1 Å². The van der Waals surface area contributed by atoms with Crippen LogP contribution in [0, 0.1) is 0 Å². The Hall–Kier alpha value is -1.06. The fraction of sp³-hybridized carbons (Fsp3) is 0.684. The number of rotatable bonds is 6. The average Bonchev–Trinajstić information content (AvgIpc) is 2.46. The van der Waals surface area contributed by atoms with E-state index in [2.05, 4.69) is 45.6 Å². The van der Waals surface area contributed by atoms with Gasteiger partial charge in [-0.15, -0.1) is 0 Å². The van der Waals surface area contributed by atoms with Crippen molar-refractivity contribution in [1.82, 2.24) is 4.90 Å². The van der Waals surface area contributed by atoms with E-state index in [0.29, 0.717) is 0 Å². The van der Waals surface area contributed by atoms with Crippen LogP contribution in [0.4, 0.5) is 0 Å². The molecule has 0 radical (unpaired) electrons. The Morgan fingerprint density at radius 1 is 1.14 bits per heavy atom. The number of nitrogens with zero attached hydrogens (tertiary/aromatic N) is 1. The third-order valence-electron chi connectivity index (χ3n) is 4.62. The summed E-state index contributed by atoms with van der Waals surface area (Å²) in [6.45, 7) is 12.7. The quantitative estimate of drug-likeness (QED) is 0.864. The van der Waals surface area contributed by atoms with Gasteiger partial charge in [-0.1, -0.05) is 39.0 Å². The summed E-state index contributed by atoms with van der Waals surface area (Å²) >= 11 is 0. The van der Waals surface area contributed by atoms with Crippen LogP contribution in [0.1, 0.15) is 64.7 Å². The van der Waals surface area contributed by atoms with Gasteiger partial charge in [-0.25, -0.2) is 0 Å². The van der Waals surface area contributed by atoms with Gasteiger partial charge in [0.05, 0.1) is 6.04 Å². The standard InChI is InChI=1S/C19H31NO2/c1-6-12-20(13-7-2)18-16(21)15-11-9-10-14(8-3)17(15)22-19(18,4)5/h9-11,16,18,21H,6-8,12-13H2,1-5H3. The van der Waals surface area contributed by atoms with Gasteiger partial charge in [0.2, 0.25) is 0 Å². The molecule has 0 saturated heterocycles. The second-order valence-corrected chi connectivity index (χ2v) is 6.82. The van der Waals surface area contributed by atoms with Crippen molar-refractivity contribution < 1.29 is 9.84 Å². The fourth-order valence-electron chi connectivity index (χ4n) is 3.72. The number of aliphatic hydroxyl groups excluding tert-OH is 1. The Balaban J connectivity index is 2.43. The lowest BCUT2D eigenvalue weighted by atomic mass is 9.83. The van der Waals surface area contributed by atoms with Gasteiger partial charge in [0.25, 0.3) is 0 Å². The van der Waals surface area contributed by atoms with Crippen LogP contribution < -0.4 is 4.74 Å². The molecular formula is C19H31NO2. The Kier molecular flexibility index (Phi) is 5.51. The monoisotopic (exact) mass is 305 g/mol. The highest BCUT2D eigenvalue weighted by atomic mass is 16.5. The summed E-state index contributed by atoms with van der Waals surface area (Å²) in [6, 6.07) is 6.13. The van der Waals surface area contributed by atoms with Crippen LogP contribution in [0.25, 0.3) is 0 Å². The molecule has 0 bridgehead atoms. The first kappa shape index (κ1) is 17.3. The molecule has 1 aliphatic heterocycles. The smallest absolute Gasteiger partial charge is 0.129 e. The van der Waals surface area contributed by atoms with Crippen molar-refractivity contribution in [3.63, 3.8) is 0 Å². The van der Waals surface area contributed by atoms with E-state index in [4.69, 9.17) is 4.74 Å². The molecule has 0 fully saturated rings. The maximum atomic E-state index is 11.1. The summed E-state index contributed by atoms with van der Waals surface area (Å²) in [5, 5.41) is 11.1. The molecule has 124 valence electrons. The number of aryl methyl sites for hydroxylation is 1. The van der Waals surface area contributed by atoms with Crippen LogP contribution in [-0.4, -0.2) is 34.7 Å². The molecule has 0 saturated carbocycles. The first-order chi connectivity index (χ1) is 10.5. The highest BCUT2D eigenvalue weighted by molar-refractivity contribution is 5.46. The molecule has 0 spiro atoms. The minimum absolute atomic E-state index is 0.00740. The molecule has 1 heterocycles. The highest BCUT2D eigenvalue weighted by Crippen LogP contribution is 2.44. The number of hydrogen-bond acceptors (Lipinski definition) is 3. The van der Waals surface area contributed by atoms with Crippen molar-refractivity contribution >= 4 is 0 Å². The van der Waals surface area contributed by atoms with Gasteiger partial charge >= 0.3 is 0 Å². The Morgan fingerprint density at radius 3 is 2.32 bits per heavy atom. The molecule has 22 heavy (non-hydrogen) atoms. The van der Waals surface area contributed by atoms with Crippen molar-refractivity contribution in [2.45, 2.75) is 71.6 Å². The summed E-state index contributed by atoms with van der Waals surface area (Å²) < 4.78 is 6.40. The number of hydrogen-bond donors (Lipinski definition) is 1. The SMILES string of the molecule is CCCN(CCC)C1C(O)c2cccc(CC)c2OC1(C)C. The summed E-state index contributed by atoms with van der Waals surface area (Å²) in [7, 11) is 0. The molecule has 0 aromatic heterocycles. The van der Waals surface area contributed by atoms with Gasteiger partial charge in [-0.2, -0.15) is 0 Å². The van der Waals surface area contributed by atoms with Gasteiger partial charge in [0.15, 0.2) is 0 Å². The Labute approximate surface area is 135 Å². The Bertz CT molecular complexity index is 492. The van der Waals surface area contributed by atoms with E-state index in [9.17, 15) is 5.11 Å². The first-order valence-corrected chi connectivity index (χ1v) is 8.69. The zero-order chi connectivity index (χ0) is 16.3. The molecule has 0 amide bonds. The zero-order valence-electron chi connectivity index (χ0n) is 14.7. The number of ether oxygens (including phenoxy) is 1. The largest absolute Gasteiger partial charge is 0.485 e. The molecular weight excluding hydrogens is 274 g/mol. The molecule has 1 N–H and O–H groups in total. The van der Waals surface area contributed by atoms with E-state index < -0.39 is 11.7 Å². The zero-order valence-corrected chi connectivity index (χ0v) is 14.7. The molecule has 3 heteroatoms. The second kappa shape index (κ2) is 7.01. The van der Waals surface area contributed by atoms with Crippen LogP contribution >= 0.6 is 0 Å². The third kappa shape index (κ3) is 3.16. The highest BCUT2D eigenvalue weighted by Gasteiger charge is 2.46. The van der Waals surface area contributed by atoms with E-state index in [0.717, 1.165) is 43.7 Å². The molecule has 1 aliphatic rings. The van der Waals surface area contributed by atoms with Crippen LogP contribution in [-0.2, 0) is 6.42 Å². The van der Waals surface area contributed by atoms with Crippen molar-refractivity contribution in [3.05, 3.63) is 29.3 Å². The molecule has 2 atom stereocenters. The average molecular weight is 305 g/mol. The summed E-state index contributed by atoms with van der Waals surface area (Å²) in [4.78, 5) is 2.40. The van der Waals surface area contributed by atoms with Crippen molar-refractivity contribution in [2.24, 2.45) is 0 Å². The molecule has 1 aromatic carbocycles. The van der Waals surface area contributed by atoms with Gasteiger partial charge in [0, 0.05) is 5.56 Å². The lowest BCUT2D eigenvalue weighted by Crippen LogP contribution is -2.58. The predicted octanol–water partition coefficient (Wildman–Crippen LogP) is 3.94. The summed E-state index contributed by atoms with van der Waals surface area (Å²) in [5.74, 6) is 0.895. The maximum absolute atomic E-state index is 11.1. The molecule has 2 rings (SSSR count). The lowest BCUT2D eigenvalue weighted by Gasteiger charge is -2.48. The summed E-state index contributed by atoms with van der Waals surface area (Å²) in [5.41, 5.74) is 1.73. The minimum atomic E-state index is -0.497. The maximum Gasteiger partial charge on any atom is 0.129 e. The predicted molar refractivity (Wildman–Crippen MR) is 91.4 cm³/mol. The molecule has 3 nitrogen and oxygen atoms in total. The van der Waals surface area contributed by atoms with Crippen molar-refractivity contribution in [2.75, 3.05) is 13.1 Å². The Morgan fingerprint density at radius 2 is 1.77 bits per heavy atom. The van der Waals surface area contributed by atoms with Crippen LogP contribution in [0.5, 0.6) is 5.75 Å². The molecule has 0 aliphatic carbocycles. The molecule has 2 unspecified atom stereocenters. The van der Waals surface area contributed by atoms with Crippen LogP contribution in [0.2, 0.25) is 0 Å². The van der Waals surface area contributed by atoms with Crippen molar-refractivity contribution in [1.29, 1.82) is 0 Å². The van der Waals surface area contributed by atoms with Crippen molar-refractivity contribution in [3.8, 4) is 5.75 Å². The lowest BCUT2D eigenvalue weighted by molar-refractivity contribution is -0.0832. The molecule has 1 aromatic rings. The number of benzene rings is 1.